The van der Waals surface area contributed by atoms with Gasteiger partial charge in [0.05, 0.1) is 46.8 Å². The van der Waals surface area contributed by atoms with Crippen LogP contribution in [-0.2, 0) is 29.0 Å². The molecular formula is C35H35ClF3N5O8S. The van der Waals surface area contributed by atoms with Crippen molar-refractivity contribution in [1.82, 2.24) is 9.88 Å². The van der Waals surface area contributed by atoms with E-state index < -0.39 is 57.0 Å². The lowest BCUT2D eigenvalue weighted by atomic mass is 10.00. The van der Waals surface area contributed by atoms with Crippen molar-refractivity contribution in [1.29, 1.82) is 0 Å². The van der Waals surface area contributed by atoms with Gasteiger partial charge in [-0.1, -0.05) is 23.7 Å². The highest BCUT2D eigenvalue weighted by molar-refractivity contribution is 7.92. The van der Waals surface area contributed by atoms with E-state index in [1.807, 2.05) is 0 Å². The Balaban J connectivity index is 1.65. The number of carbonyl (C=O) groups excluding carboxylic acids is 3. The fraction of sp³-hybridized carbons (Fsp3) is 0.314. The molecule has 0 bridgehead atoms. The molecule has 1 saturated heterocycles. The van der Waals surface area contributed by atoms with Crippen LogP contribution in [0.3, 0.4) is 0 Å². The van der Waals surface area contributed by atoms with Crippen LogP contribution in [0.4, 0.5) is 29.3 Å². The van der Waals surface area contributed by atoms with Crippen molar-refractivity contribution in [2.75, 3.05) is 30.8 Å². The Labute approximate surface area is 307 Å². The predicted molar refractivity (Wildman–Crippen MR) is 189 cm³/mol. The largest absolute Gasteiger partial charge is 0.495 e. The van der Waals surface area contributed by atoms with E-state index in [1.165, 1.54) is 36.9 Å². The Morgan fingerprint density at radius 1 is 1.00 bits per heavy atom. The lowest BCUT2D eigenvalue weighted by Gasteiger charge is -2.35. The summed E-state index contributed by atoms with van der Waals surface area (Å²) in [4.78, 5) is 49.0. The van der Waals surface area contributed by atoms with Crippen LogP contribution in [0.25, 0.3) is 10.8 Å². The Hall–Kier alpha value is -5.13. The number of likely N-dealkylation sites (tertiary alicyclic amines) is 1. The fourth-order valence-electron chi connectivity index (χ4n) is 6.01. The van der Waals surface area contributed by atoms with E-state index in [4.69, 9.17) is 22.2 Å². The van der Waals surface area contributed by atoms with Gasteiger partial charge in [-0.2, -0.15) is 13.2 Å². The number of nitrogens with zero attached hydrogens (tertiary/aromatic N) is 4. The number of ether oxygens (including phenoxy) is 2. The van der Waals surface area contributed by atoms with E-state index in [0.29, 0.717) is 17.7 Å². The number of hydrogen-bond donors (Lipinski definition) is 1. The minimum absolute atomic E-state index is 0.0341. The maximum absolute atomic E-state index is 14.9. The highest BCUT2D eigenvalue weighted by Gasteiger charge is 2.45. The molecule has 2 amide bonds. The summed E-state index contributed by atoms with van der Waals surface area (Å²) in [5, 5.41) is 2.14. The molecule has 3 aromatic carbocycles. The number of fused-ring (bicyclic) bond motifs is 1. The van der Waals surface area contributed by atoms with Crippen molar-refractivity contribution in [3.05, 3.63) is 89.2 Å². The lowest BCUT2D eigenvalue weighted by molar-refractivity contribution is -0.200. The predicted octanol–water partition coefficient (Wildman–Crippen LogP) is 6.46. The second-order valence-electron chi connectivity index (χ2n) is 12.3. The first kappa shape index (κ1) is 39.1. The molecule has 282 valence electrons. The molecule has 0 aliphatic carbocycles. The van der Waals surface area contributed by atoms with Gasteiger partial charge in [0.25, 0.3) is 5.91 Å². The van der Waals surface area contributed by atoms with E-state index in [0.717, 1.165) is 36.1 Å². The van der Waals surface area contributed by atoms with Gasteiger partial charge in [0.1, 0.15) is 11.8 Å². The molecule has 1 fully saturated rings. The van der Waals surface area contributed by atoms with Gasteiger partial charge >= 0.3 is 18.2 Å². The molecule has 13 nitrogen and oxygen atoms in total. The van der Waals surface area contributed by atoms with Crippen LogP contribution in [0.5, 0.6) is 5.75 Å². The van der Waals surface area contributed by atoms with Crippen molar-refractivity contribution >= 4 is 61.6 Å². The smallest absolute Gasteiger partial charge is 0.493 e. The van der Waals surface area contributed by atoms with E-state index in [-0.39, 0.29) is 39.3 Å². The van der Waals surface area contributed by atoms with Crippen molar-refractivity contribution in [3.63, 3.8) is 0 Å². The Morgan fingerprint density at radius 2 is 1.72 bits per heavy atom. The van der Waals surface area contributed by atoms with Crippen molar-refractivity contribution in [2.24, 2.45) is 5.84 Å². The average molecular weight is 778 g/mol. The summed E-state index contributed by atoms with van der Waals surface area (Å²) in [6.45, 7) is 3.00. The van der Waals surface area contributed by atoms with E-state index in [2.05, 4.69) is 14.6 Å². The van der Waals surface area contributed by atoms with Gasteiger partial charge in [0.2, 0.25) is 0 Å². The molecule has 2 atom stereocenters. The number of hydrazine groups is 1. The van der Waals surface area contributed by atoms with Gasteiger partial charge in [-0.15, -0.1) is 5.06 Å². The molecule has 2 heterocycles. The summed E-state index contributed by atoms with van der Waals surface area (Å²) in [6, 6.07) is 12.7. The molecule has 5 rings (SSSR count). The molecular weight excluding hydrogens is 743 g/mol. The second-order valence-corrected chi connectivity index (χ2v) is 15.1. The van der Waals surface area contributed by atoms with Crippen LogP contribution in [0.2, 0.25) is 5.02 Å². The number of benzene rings is 3. The Morgan fingerprint density at radius 3 is 2.38 bits per heavy atom. The third-order valence-corrected chi connectivity index (χ3v) is 11.3. The minimum atomic E-state index is -5.49. The number of hydroxylamine groups is 1. The molecule has 0 radical (unpaired) electrons. The second kappa shape index (κ2) is 15.5. The van der Waals surface area contributed by atoms with Crippen LogP contribution in [0.1, 0.15) is 49.9 Å². The summed E-state index contributed by atoms with van der Waals surface area (Å²) >= 11 is 6.33. The lowest BCUT2D eigenvalue weighted by Crippen LogP contribution is -2.46. The average Bonchev–Trinajstić information content (AvgIpc) is 3.63. The number of rotatable bonds is 9. The molecule has 1 unspecified atom stereocenters. The molecule has 1 aliphatic rings. The zero-order valence-electron chi connectivity index (χ0n) is 28.8. The highest BCUT2D eigenvalue weighted by Crippen LogP contribution is 2.42. The number of nitrogens with two attached hydrogens (primary N) is 1. The SMILES string of the molecule is COC(=O)N(OC(=O)C(F)(F)F)c1ccc(S(=O)(=O)C(C)C)c(C2CCCN2C(=O)[C@@H](c2ccc(Cl)c(OC)c2)N(N)c2ccc3cnccc3c2)c1. The third-order valence-electron chi connectivity index (χ3n) is 8.72. The van der Waals surface area contributed by atoms with Crippen LogP contribution < -0.4 is 20.7 Å². The number of methoxy groups -OCH3 is 2. The normalized spacial score (nSPS) is 15.3. The van der Waals surface area contributed by atoms with Gasteiger partial charge < -0.3 is 19.2 Å². The highest BCUT2D eigenvalue weighted by atomic mass is 35.5. The summed E-state index contributed by atoms with van der Waals surface area (Å²) < 4.78 is 77.1. The first-order chi connectivity index (χ1) is 25.0. The van der Waals surface area contributed by atoms with Gasteiger partial charge in [0.15, 0.2) is 9.84 Å². The molecule has 4 aromatic rings. The van der Waals surface area contributed by atoms with Crippen LogP contribution in [0.15, 0.2) is 78.0 Å². The minimum Gasteiger partial charge on any atom is -0.495 e. The first-order valence-corrected chi connectivity index (χ1v) is 18.0. The monoisotopic (exact) mass is 777 g/mol. The topological polar surface area (TPSA) is 162 Å². The molecule has 0 spiro atoms. The van der Waals surface area contributed by atoms with Gasteiger partial charge in [0, 0.05) is 24.3 Å². The first-order valence-electron chi connectivity index (χ1n) is 16.1. The molecule has 0 saturated carbocycles. The zero-order valence-corrected chi connectivity index (χ0v) is 30.4. The standard InChI is InChI=1S/C35H35ClF3N5O8S/c1-20(2)53(48,49)30-12-10-25(44(34(47)51-4)52-33(46)35(37,38)39)18-26(30)28-6-5-15-42(28)32(45)31(22-8-11-27(36)29(17-22)50-3)43(40)24-9-7-23-19-41-14-13-21(23)16-24/h7-14,16-20,28,31H,5-6,15,40H2,1-4H3/t28?,31-/m1/s1. The molecule has 18 heteroatoms. The number of aromatic nitrogens is 1. The molecule has 53 heavy (non-hydrogen) atoms. The van der Waals surface area contributed by atoms with Gasteiger partial charge in [-0.25, -0.2) is 23.8 Å². The maximum Gasteiger partial charge on any atom is 0.493 e. The van der Waals surface area contributed by atoms with Crippen LogP contribution in [-0.4, -0.2) is 68.5 Å². The molecule has 1 aromatic heterocycles. The number of halogens is 4. The van der Waals surface area contributed by atoms with Crippen molar-refractivity contribution in [2.45, 2.75) is 55.1 Å². The van der Waals surface area contributed by atoms with Crippen LogP contribution >= 0.6 is 11.6 Å². The number of amides is 2. The number of anilines is 2. The summed E-state index contributed by atoms with van der Waals surface area (Å²) in [6.07, 6.45) is -3.12. The summed E-state index contributed by atoms with van der Waals surface area (Å²) in [7, 11) is -1.85. The quantitative estimate of drug-likeness (QED) is 0.147. The zero-order chi connectivity index (χ0) is 38.8. The van der Waals surface area contributed by atoms with E-state index in [9.17, 15) is 36.0 Å². The number of pyridine rings is 1. The van der Waals surface area contributed by atoms with Crippen molar-refractivity contribution < 1.29 is 50.3 Å². The van der Waals surface area contributed by atoms with E-state index in [1.54, 1.807) is 48.8 Å². The number of carbonyl (C=O) groups is 3. The Kier molecular flexibility index (Phi) is 11.4. The fourth-order valence-corrected chi connectivity index (χ4v) is 7.49. The third kappa shape index (κ3) is 7.96. The summed E-state index contributed by atoms with van der Waals surface area (Å²) in [5.41, 5.74) is 0.320. The molecule has 1 aliphatic heterocycles. The van der Waals surface area contributed by atoms with Gasteiger partial charge in [-0.3, -0.25) is 14.8 Å². The number of hydrogen-bond acceptors (Lipinski definition) is 11. The van der Waals surface area contributed by atoms with Crippen molar-refractivity contribution in [3.8, 4) is 5.75 Å². The Bertz CT molecular complexity index is 2150. The summed E-state index contributed by atoms with van der Waals surface area (Å²) in [5.74, 6) is 3.74. The number of alkyl halides is 3. The van der Waals surface area contributed by atoms with Gasteiger partial charge in [-0.05, 0) is 91.7 Å². The maximum atomic E-state index is 14.9. The van der Waals surface area contributed by atoms with E-state index >= 15 is 0 Å². The number of sulfone groups is 1. The van der Waals surface area contributed by atoms with Crippen LogP contribution in [0, 0.1) is 0 Å². The molecule has 2 N–H and O–H groups in total.